The number of esters is 2. The van der Waals surface area contributed by atoms with Gasteiger partial charge in [0.1, 0.15) is 18.5 Å². The summed E-state index contributed by atoms with van der Waals surface area (Å²) in [5, 5.41) is 2.28. The second kappa shape index (κ2) is 10.7. The van der Waals surface area contributed by atoms with E-state index < -0.39 is 54.5 Å². The molecule has 0 saturated carbocycles. The highest BCUT2D eigenvalue weighted by molar-refractivity contribution is 5.90. The van der Waals surface area contributed by atoms with Gasteiger partial charge >= 0.3 is 23.6 Å². The molecule has 1 N–H and O–H groups in total. The van der Waals surface area contributed by atoms with Crippen molar-refractivity contribution in [1.29, 1.82) is 0 Å². The average molecular weight is 513 g/mol. The predicted octanol–water partition coefficient (Wildman–Crippen LogP) is 2.82. The Hall–Kier alpha value is -4.45. The van der Waals surface area contributed by atoms with E-state index in [2.05, 4.69) is 10.3 Å². The molecule has 12 heteroatoms. The van der Waals surface area contributed by atoms with Gasteiger partial charge in [0.15, 0.2) is 6.10 Å². The summed E-state index contributed by atoms with van der Waals surface area (Å²) in [4.78, 5) is 52.3. The molecule has 37 heavy (non-hydrogen) atoms. The number of ether oxygens (including phenoxy) is 3. The highest BCUT2D eigenvalue weighted by atomic mass is 19.3. The maximum Gasteiger partial charge on any atom is 0.351 e. The average Bonchev–Trinajstić information content (AvgIpc) is 3.12. The molecular weight excluding hydrogens is 492 g/mol. The fourth-order valence-electron chi connectivity index (χ4n) is 3.66. The molecule has 1 amide bonds. The van der Waals surface area contributed by atoms with Crippen LogP contribution < -0.4 is 11.0 Å². The Balaban J connectivity index is 1.61. The zero-order valence-corrected chi connectivity index (χ0v) is 19.4. The van der Waals surface area contributed by atoms with Gasteiger partial charge in [-0.05, 0) is 30.3 Å². The van der Waals surface area contributed by atoms with Crippen molar-refractivity contribution in [2.75, 3.05) is 11.9 Å². The van der Waals surface area contributed by atoms with Crippen molar-refractivity contribution in [2.24, 2.45) is 0 Å². The van der Waals surface area contributed by atoms with Crippen LogP contribution in [0.15, 0.2) is 77.7 Å². The predicted molar refractivity (Wildman–Crippen MR) is 124 cm³/mol. The van der Waals surface area contributed by atoms with Crippen LogP contribution in [0.2, 0.25) is 0 Å². The number of amides is 1. The Bertz CT molecular complexity index is 1350. The van der Waals surface area contributed by atoms with E-state index in [0.29, 0.717) is 4.57 Å². The summed E-state index contributed by atoms with van der Waals surface area (Å²) >= 11 is 0. The number of alkyl halides is 2. The van der Waals surface area contributed by atoms with E-state index in [-0.39, 0.29) is 16.9 Å². The van der Waals surface area contributed by atoms with Gasteiger partial charge in [-0.1, -0.05) is 36.4 Å². The summed E-state index contributed by atoms with van der Waals surface area (Å²) in [6, 6.07) is 16.4. The molecule has 192 valence electrons. The van der Waals surface area contributed by atoms with Crippen LogP contribution in [0.3, 0.4) is 0 Å². The normalized spacial score (nSPS) is 20.1. The van der Waals surface area contributed by atoms with Crippen LogP contribution in [-0.2, 0) is 19.0 Å². The van der Waals surface area contributed by atoms with Crippen LogP contribution in [0.25, 0.3) is 0 Å². The summed E-state index contributed by atoms with van der Waals surface area (Å²) in [6.45, 7) is 0.493. The summed E-state index contributed by atoms with van der Waals surface area (Å²) in [6.07, 6.45) is -5.11. The first kappa shape index (κ1) is 25.6. The Morgan fingerprint density at radius 2 is 1.59 bits per heavy atom. The summed E-state index contributed by atoms with van der Waals surface area (Å²) < 4.78 is 47.5. The molecule has 3 aromatic rings. The maximum atomic E-state index is 15.6. The molecular formula is C25H21F2N3O7. The van der Waals surface area contributed by atoms with E-state index in [1.165, 1.54) is 43.3 Å². The number of nitrogens with zero attached hydrogens (tertiary/aromatic N) is 2. The Morgan fingerprint density at radius 1 is 1.00 bits per heavy atom. The van der Waals surface area contributed by atoms with Crippen molar-refractivity contribution in [2.45, 2.75) is 31.3 Å². The monoisotopic (exact) mass is 513 g/mol. The Kier molecular flexibility index (Phi) is 7.39. The molecule has 1 aromatic heterocycles. The molecule has 1 fully saturated rings. The summed E-state index contributed by atoms with van der Waals surface area (Å²) in [5.74, 6) is -6.45. The number of hydrogen-bond acceptors (Lipinski definition) is 8. The lowest BCUT2D eigenvalue weighted by Gasteiger charge is -2.24. The number of carbonyl (C=O) groups is 3. The number of carbonyl (C=O) groups excluding carboxylic acids is 3. The molecule has 1 aliphatic heterocycles. The van der Waals surface area contributed by atoms with Crippen molar-refractivity contribution >= 4 is 23.7 Å². The molecule has 0 unspecified atom stereocenters. The van der Waals surface area contributed by atoms with Gasteiger partial charge in [0.25, 0.3) is 0 Å². The van der Waals surface area contributed by atoms with Gasteiger partial charge in [-0.2, -0.15) is 13.8 Å². The van der Waals surface area contributed by atoms with Crippen molar-refractivity contribution in [1.82, 2.24) is 9.55 Å². The SMILES string of the molecule is CC(=O)Nc1ccn([C@H]2O[C@H](COC(=O)c3ccccc3)[C@@H](OC(=O)c3ccccc3)C2(F)F)c(=O)n1. The van der Waals surface area contributed by atoms with Gasteiger partial charge in [-0.3, -0.25) is 9.36 Å². The van der Waals surface area contributed by atoms with Crippen molar-refractivity contribution in [3.63, 3.8) is 0 Å². The number of anilines is 1. The second-order valence-corrected chi connectivity index (χ2v) is 8.04. The van der Waals surface area contributed by atoms with Crippen molar-refractivity contribution in [3.8, 4) is 0 Å². The third kappa shape index (κ3) is 5.70. The number of aromatic nitrogens is 2. The van der Waals surface area contributed by atoms with Crippen molar-refractivity contribution in [3.05, 3.63) is 94.5 Å². The topological polar surface area (TPSA) is 126 Å². The van der Waals surface area contributed by atoms with E-state index in [9.17, 15) is 19.2 Å². The first-order valence-electron chi connectivity index (χ1n) is 11.0. The summed E-state index contributed by atoms with van der Waals surface area (Å²) in [5.41, 5.74) is -0.957. The van der Waals surface area contributed by atoms with Gasteiger partial charge in [0, 0.05) is 13.1 Å². The van der Waals surface area contributed by atoms with Gasteiger partial charge in [0.2, 0.25) is 12.1 Å². The van der Waals surface area contributed by atoms with E-state index in [1.807, 2.05) is 0 Å². The molecule has 0 spiro atoms. The van der Waals surface area contributed by atoms with Crippen LogP contribution in [-0.4, -0.2) is 52.1 Å². The zero-order valence-electron chi connectivity index (χ0n) is 19.4. The number of nitrogens with one attached hydrogen (secondary N) is 1. The van der Waals surface area contributed by atoms with Crippen molar-refractivity contribution < 1.29 is 37.4 Å². The molecule has 0 aliphatic carbocycles. The third-order valence-corrected chi connectivity index (χ3v) is 5.37. The van der Waals surface area contributed by atoms with Crippen LogP contribution in [0.5, 0.6) is 0 Å². The minimum absolute atomic E-state index is 0.0141. The summed E-state index contributed by atoms with van der Waals surface area (Å²) in [7, 11) is 0. The number of benzene rings is 2. The minimum Gasteiger partial charge on any atom is -0.459 e. The fraction of sp³-hybridized carbons (Fsp3) is 0.240. The first-order chi connectivity index (χ1) is 17.7. The van der Waals surface area contributed by atoms with Crippen LogP contribution in [0, 0.1) is 0 Å². The molecule has 2 heterocycles. The van der Waals surface area contributed by atoms with E-state index >= 15 is 8.78 Å². The van der Waals surface area contributed by atoms with Crippen LogP contribution in [0.1, 0.15) is 33.9 Å². The zero-order chi connectivity index (χ0) is 26.6. The molecule has 2 aromatic carbocycles. The largest absolute Gasteiger partial charge is 0.459 e. The van der Waals surface area contributed by atoms with Gasteiger partial charge in [-0.15, -0.1) is 0 Å². The number of rotatable bonds is 7. The minimum atomic E-state index is -3.94. The second-order valence-electron chi connectivity index (χ2n) is 8.04. The van der Waals surface area contributed by atoms with Crippen LogP contribution >= 0.6 is 0 Å². The van der Waals surface area contributed by atoms with E-state index in [1.54, 1.807) is 24.3 Å². The molecule has 4 rings (SSSR count). The smallest absolute Gasteiger partial charge is 0.351 e. The Labute approximate surface area is 208 Å². The number of halogens is 2. The quantitative estimate of drug-likeness (QED) is 0.478. The molecule has 1 aliphatic rings. The Morgan fingerprint density at radius 3 is 2.16 bits per heavy atom. The van der Waals surface area contributed by atoms with Crippen LogP contribution in [0.4, 0.5) is 14.6 Å². The fourth-order valence-corrected chi connectivity index (χ4v) is 3.66. The lowest BCUT2D eigenvalue weighted by molar-refractivity contribution is -0.142. The van der Waals surface area contributed by atoms with Gasteiger partial charge in [-0.25, -0.2) is 14.4 Å². The third-order valence-electron chi connectivity index (χ3n) is 5.37. The molecule has 1 saturated heterocycles. The highest BCUT2D eigenvalue weighted by Gasteiger charge is 2.63. The van der Waals surface area contributed by atoms with Gasteiger partial charge < -0.3 is 19.5 Å². The molecule has 0 bridgehead atoms. The number of hydrogen-bond donors (Lipinski definition) is 1. The lowest BCUT2D eigenvalue weighted by atomic mass is 10.1. The lowest BCUT2D eigenvalue weighted by Crippen LogP contribution is -2.44. The standard InChI is InChI=1S/C25H21F2N3O7/c1-15(31)28-19-12-13-30(24(34)29-19)23-25(26,27)20(37-22(33)17-10-6-3-7-11-17)18(36-23)14-35-21(32)16-8-4-2-5-9-16/h2-13,18,20,23H,14H2,1H3,(H,28,29,31,34)/t18-,20-,23+/m1/s1. The van der Waals surface area contributed by atoms with Gasteiger partial charge in [0.05, 0.1) is 11.1 Å². The molecule has 10 nitrogen and oxygen atoms in total. The van der Waals surface area contributed by atoms with E-state index in [4.69, 9.17) is 14.2 Å². The maximum absolute atomic E-state index is 15.6. The molecule has 3 atom stereocenters. The molecule has 0 radical (unpaired) electrons. The highest BCUT2D eigenvalue weighted by Crippen LogP contribution is 2.44. The first-order valence-corrected chi connectivity index (χ1v) is 11.0. The van der Waals surface area contributed by atoms with E-state index in [0.717, 1.165) is 12.3 Å².